The van der Waals surface area contributed by atoms with E-state index in [1.807, 2.05) is 4.52 Å². The molecule has 1 unspecified atom stereocenters. The number of hydrogen-bond donors (Lipinski definition) is 1. The van der Waals surface area contributed by atoms with Gasteiger partial charge in [-0.25, -0.2) is 0 Å². The van der Waals surface area contributed by atoms with Crippen molar-refractivity contribution in [1.82, 2.24) is 19.8 Å². The predicted molar refractivity (Wildman–Crippen MR) is 85.6 cm³/mol. The molecule has 1 saturated carbocycles. The maximum Gasteiger partial charge on any atom is 0.234 e. The SMILES string of the molecule is CCCC(CCN)CCc1nn2c(C3CCC3)nnc2s1. The van der Waals surface area contributed by atoms with E-state index in [-0.39, 0.29) is 0 Å². The van der Waals surface area contributed by atoms with Crippen molar-refractivity contribution in [1.29, 1.82) is 0 Å². The summed E-state index contributed by atoms with van der Waals surface area (Å²) in [6, 6.07) is 0. The van der Waals surface area contributed by atoms with E-state index in [0.29, 0.717) is 5.92 Å². The number of hydrogen-bond acceptors (Lipinski definition) is 5. The molecule has 0 amide bonds. The molecule has 6 heteroatoms. The maximum atomic E-state index is 5.71. The van der Waals surface area contributed by atoms with Crippen LogP contribution >= 0.6 is 11.3 Å². The van der Waals surface area contributed by atoms with Gasteiger partial charge in [0.2, 0.25) is 4.96 Å². The van der Waals surface area contributed by atoms with Crippen LogP contribution < -0.4 is 5.73 Å². The van der Waals surface area contributed by atoms with Crippen molar-refractivity contribution in [3.8, 4) is 0 Å². The molecule has 2 N–H and O–H groups in total. The third-order valence-electron chi connectivity index (χ3n) is 4.57. The van der Waals surface area contributed by atoms with Crippen LogP contribution in [0.4, 0.5) is 0 Å². The van der Waals surface area contributed by atoms with E-state index in [4.69, 9.17) is 10.8 Å². The molecule has 0 saturated heterocycles. The summed E-state index contributed by atoms with van der Waals surface area (Å²) >= 11 is 1.70. The molecule has 1 aliphatic rings. The van der Waals surface area contributed by atoms with Gasteiger partial charge in [-0.1, -0.05) is 37.5 Å². The number of fused-ring (bicyclic) bond motifs is 1. The first-order valence-corrected chi connectivity index (χ1v) is 9.04. The van der Waals surface area contributed by atoms with E-state index < -0.39 is 0 Å². The molecular weight excluding hydrogens is 282 g/mol. The molecule has 2 aromatic heterocycles. The van der Waals surface area contributed by atoms with Crippen LogP contribution in [0.2, 0.25) is 0 Å². The number of nitrogens with two attached hydrogens (primary N) is 1. The Labute approximate surface area is 129 Å². The minimum Gasteiger partial charge on any atom is -0.330 e. The van der Waals surface area contributed by atoms with E-state index in [1.165, 1.54) is 43.5 Å². The number of aryl methyl sites for hydroxylation is 1. The molecule has 21 heavy (non-hydrogen) atoms. The zero-order valence-electron chi connectivity index (χ0n) is 12.8. The Hall–Kier alpha value is -1.01. The molecule has 1 fully saturated rings. The lowest BCUT2D eigenvalue weighted by Crippen LogP contribution is -2.13. The first kappa shape index (κ1) is 14.9. The smallest absolute Gasteiger partial charge is 0.234 e. The van der Waals surface area contributed by atoms with Crippen molar-refractivity contribution in [3.63, 3.8) is 0 Å². The van der Waals surface area contributed by atoms with E-state index >= 15 is 0 Å². The van der Waals surface area contributed by atoms with Crippen molar-refractivity contribution >= 4 is 16.3 Å². The summed E-state index contributed by atoms with van der Waals surface area (Å²) in [4.78, 5) is 0.956. The zero-order chi connectivity index (χ0) is 14.7. The molecular formula is C15H25N5S. The Bertz CT molecular complexity index is 566. The van der Waals surface area contributed by atoms with Crippen molar-refractivity contribution in [2.24, 2.45) is 11.7 Å². The fourth-order valence-corrected chi connectivity index (χ4v) is 3.95. The van der Waals surface area contributed by atoms with Gasteiger partial charge in [0.15, 0.2) is 5.82 Å². The summed E-state index contributed by atoms with van der Waals surface area (Å²) in [5.41, 5.74) is 5.71. The maximum absolute atomic E-state index is 5.71. The predicted octanol–water partition coefficient (Wildman–Crippen LogP) is 3.15. The topological polar surface area (TPSA) is 69.1 Å². The highest BCUT2D eigenvalue weighted by molar-refractivity contribution is 7.16. The van der Waals surface area contributed by atoms with Gasteiger partial charge in [0.25, 0.3) is 0 Å². The number of rotatable bonds is 8. The first-order chi connectivity index (χ1) is 10.3. The standard InChI is InChI=1S/C15H25N5S/c1-2-4-11(9-10-16)7-8-13-19-20-14(12-5-3-6-12)17-18-15(20)21-13/h11-12H,2-10,16H2,1H3. The second-order valence-corrected chi connectivity index (χ2v) is 7.19. The Morgan fingerprint density at radius 2 is 2.14 bits per heavy atom. The fraction of sp³-hybridized carbons (Fsp3) is 0.800. The van der Waals surface area contributed by atoms with Crippen LogP contribution in [0.15, 0.2) is 0 Å². The Morgan fingerprint density at radius 1 is 1.29 bits per heavy atom. The fourth-order valence-electron chi connectivity index (χ4n) is 3.10. The largest absolute Gasteiger partial charge is 0.330 e. The summed E-state index contributed by atoms with van der Waals surface area (Å²) in [6.45, 7) is 3.04. The summed E-state index contributed by atoms with van der Waals surface area (Å²) < 4.78 is 1.99. The molecule has 2 aromatic rings. The third-order valence-corrected chi connectivity index (χ3v) is 5.52. The molecule has 0 bridgehead atoms. The average Bonchev–Trinajstić information content (AvgIpc) is 2.96. The van der Waals surface area contributed by atoms with Crippen molar-refractivity contribution < 1.29 is 0 Å². The van der Waals surface area contributed by atoms with Crippen LogP contribution in [0.25, 0.3) is 4.96 Å². The van der Waals surface area contributed by atoms with Gasteiger partial charge < -0.3 is 5.73 Å². The Kier molecular flexibility index (Phi) is 4.85. The molecule has 2 heterocycles. The molecule has 1 atom stereocenters. The minimum atomic E-state index is 0.583. The zero-order valence-corrected chi connectivity index (χ0v) is 13.6. The molecule has 0 aliphatic heterocycles. The number of nitrogens with zero attached hydrogens (tertiary/aromatic N) is 4. The number of aromatic nitrogens is 4. The lowest BCUT2D eigenvalue weighted by molar-refractivity contribution is 0.394. The average molecular weight is 307 g/mol. The lowest BCUT2D eigenvalue weighted by atomic mass is 9.85. The van der Waals surface area contributed by atoms with E-state index in [2.05, 4.69) is 17.1 Å². The summed E-state index contributed by atoms with van der Waals surface area (Å²) in [5, 5.41) is 14.5. The Morgan fingerprint density at radius 3 is 2.81 bits per heavy atom. The second-order valence-electron chi connectivity index (χ2n) is 6.15. The summed E-state index contributed by atoms with van der Waals surface area (Å²) in [6.07, 6.45) is 9.66. The van der Waals surface area contributed by atoms with Crippen molar-refractivity contribution in [2.45, 2.75) is 64.2 Å². The highest BCUT2D eigenvalue weighted by atomic mass is 32.1. The first-order valence-electron chi connectivity index (χ1n) is 8.23. The molecule has 5 nitrogen and oxygen atoms in total. The van der Waals surface area contributed by atoms with Gasteiger partial charge in [0, 0.05) is 12.3 Å². The van der Waals surface area contributed by atoms with Crippen molar-refractivity contribution in [3.05, 3.63) is 10.8 Å². The van der Waals surface area contributed by atoms with Crippen LogP contribution in [0.3, 0.4) is 0 Å². The monoisotopic (exact) mass is 307 g/mol. The van der Waals surface area contributed by atoms with Crippen LogP contribution in [-0.4, -0.2) is 26.4 Å². The molecule has 0 radical (unpaired) electrons. The van der Waals surface area contributed by atoms with Gasteiger partial charge in [-0.2, -0.15) is 9.61 Å². The molecule has 0 aromatic carbocycles. The Balaban J connectivity index is 1.65. The van der Waals surface area contributed by atoms with Gasteiger partial charge in [-0.05, 0) is 38.1 Å². The molecule has 0 spiro atoms. The van der Waals surface area contributed by atoms with E-state index in [0.717, 1.165) is 36.1 Å². The van der Waals surface area contributed by atoms with Gasteiger partial charge >= 0.3 is 0 Å². The van der Waals surface area contributed by atoms with Crippen molar-refractivity contribution in [2.75, 3.05) is 6.54 Å². The highest BCUT2D eigenvalue weighted by Crippen LogP contribution is 2.35. The quantitative estimate of drug-likeness (QED) is 0.813. The summed E-state index contributed by atoms with van der Waals surface area (Å²) in [5.74, 6) is 2.39. The third kappa shape index (κ3) is 3.26. The lowest BCUT2D eigenvalue weighted by Gasteiger charge is -2.22. The molecule has 116 valence electrons. The minimum absolute atomic E-state index is 0.583. The van der Waals surface area contributed by atoms with Gasteiger partial charge in [0.05, 0.1) is 0 Å². The molecule has 1 aliphatic carbocycles. The van der Waals surface area contributed by atoms with E-state index in [9.17, 15) is 0 Å². The van der Waals surface area contributed by atoms with Gasteiger partial charge in [0.1, 0.15) is 5.01 Å². The van der Waals surface area contributed by atoms with Crippen LogP contribution in [0, 0.1) is 5.92 Å². The molecule has 3 rings (SSSR count). The van der Waals surface area contributed by atoms with Crippen LogP contribution in [-0.2, 0) is 6.42 Å². The second kappa shape index (κ2) is 6.83. The highest BCUT2D eigenvalue weighted by Gasteiger charge is 2.26. The van der Waals surface area contributed by atoms with Gasteiger partial charge in [-0.3, -0.25) is 0 Å². The van der Waals surface area contributed by atoms with E-state index in [1.54, 1.807) is 11.3 Å². The normalized spacial score (nSPS) is 17.2. The van der Waals surface area contributed by atoms with Gasteiger partial charge in [-0.15, -0.1) is 10.2 Å². The van der Waals surface area contributed by atoms with Crippen LogP contribution in [0.1, 0.15) is 68.6 Å². The summed E-state index contributed by atoms with van der Waals surface area (Å²) in [7, 11) is 0. The van der Waals surface area contributed by atoms with Crippen LogP contribution in [0.5, 0.6) is 0 Å².